The predicted octanol–water partition coefficient (Wildman–Crippen LogP) is 3.83. The third-order valence-electron chi connectivity index (χ3n) is 5.07. The SMILES string of the molecule is COc1ccc(Cl)cc1C(=O)O[C@H](C)C(=O)N[C@H]1CCC[C@@H](C)[C@H]1C. The Balaban J connectivity index is 1.99. The molecule has 1 aromatic carbocycles. The Morgan fingerprint density at radius 3 is 2.68 bits per heavy atom. The van der Waals surface area contributed by atoms with Gasteiger partial charge in [0.2, 0.25) is 0 Å². The van der Waals surface area contributed by atoms with Crippen molar-refractivity contribution in [1.29, 1.82) is 0 Å². The maximum absolute atomic E-state index is 12.4. The molecule has 5 nitrogen and oxygen atoms in total. The van der Waals surface area contributed by atoms with Crippen LogP contribution in [0.25, 0.3) is 0 Å². The van der Waals surface area contributed by atoms with E-state index in [1.54, 1.807) is 19.1 Å². The second-order valence-electron chi connectivity index (χ2n) is 6.77. The number of nitrogens with one attached hydrogen (secondary N) is 1. The lowest BCUT2D eigenvalue weighted by Crippen LogP contribution is -2.47. The molecular formula is C19H26ClNO4. The van der Waals surface area contributed by atoms with Gasteiger partial charge in [-0.2, -0.15) is 0 Å². The van der Waals surface area contributed by atoms with Gasteiger partial charge in [0.05, 0.1) is 7.11 Å². The van der Waals surface area contributed by atoms with Gasteiger partial charge < -0.3 is 14.8 Å². The molecule has 1 amide bonds. The van der Waals surface area contributed by atoms with E-state index in [9.17, 15) is 9.59 Å². The molecule has 1 aromatic rings. The monoisotopic (exact) mass is 367 g/mol. The largest absolute Gasteiger partial charge is 0.496 e. The summed E-state index contributed by atoms with van der Waals surface area (Å²) in [6.07, 6.45) is 2.36. The van der Waals surface area contributed by atoms with Gasteiger partial charge in [-0.15, -0.1) is 0 Å². The standard InChI is InChI=1S/C19H26ClNO4/c1-11-6-5-7-16(12(11)2)21-18(22)13(3)25-19(23)15-10-14(20)8-9-17(15)24-4/h8-13,16H,5-7H2,1-4H3,(H,21,22)/t11-,12-,13-,16+/m1/s1. The highest BCUT2D eigenvalue weighted by Crippen LogP contribution is 2.29. The van der Waals surface area contributed by atoms with Gasteiger partial charge in [-0.25, -0.2) is 4.79 Å². The molecule has 0 unspecified atom stereocenters. The smallest absolute Gasteiger partial charge is 0.342 e. The normalized spacial score (nSPS) is 24.3. The molecule has 25 heavy (non-hydrogen) atoms. The first-order chi connectivity index (χ1) is 11.8. The highest BCUT2D eigenvalue weighted by molar-refractivity contribution is 6.31. The Labute approximate surface area is 154 Å². The zero-order chi connectivity index (χ0) is 18.6. The minimum absolute atomic E-state index is 0.123. The maximum atomic E-state index is 12.4. The third-order valence-corrected chi connectivity index (χ3v) is 5.30. The number of hydrogen-bond acceptors (Lipinski definition) is 4. The van der Waals surface area contributed by atoms with Crippen molar-refractivity contribution < 1.29 is 19.1 Å². The number of carbonyl (C=O) groups is 2. The van der Waals surface area contributed by atoms with Crippen molar-refractivity contribution in [1.82, 2.24) is 5.32 Å². The molecule has 6 heteroatoms. The number of amides is 1. The minimum atomic E-state index is -0.888. The van der Waals surface area contributed by atoms with Crippen LogP contribution in [-0.4, -0.2) is 31.1 Å². The van der Waals surface area contributed by atoms with Crippen molar-refractivity contribution in [3.05, 3.63) is 28.8 Å². The molecular weight excluding hydrogens is 342 g/mol. The van der Waals surface area contributed by atoms with Gasteiger partial charge in [-0.1, -0.05) is 38.3 Å². The molecule has 0 heterocycles. The summed E-state index contributed by atoms with van der Waals surface area (Å²) in [5, 5.41) is 3.42. The first kappa shape index (κ1) is 19.6. The fraction of sp³-hybridized carbons (Fsp3) is 0.579. The van der Waals surface area contributed by atoms with Gasteiger partial charge in [0.1, 0.15) is 11.3 Å². The van der Waals surface area contributed by atoms with Crippen LogP contribution in [0.4, 0.5) is 0 Å². The second-order valence-corrected chi connectivity index (χ2v) is 7.21. The molecule has 0 radical (unpaired) electrons. The number of ether oxygens (including phenoxy) is 2. The van der Waals surface area contributed by atoms with Gasteiger partial charge in [-0.05, 0) is 43.4 Å². The molecule has 4 atom stereocenters. The lowest BCUT2D eigenvalue weighted by atomic mass is 9.78. The lowest BCUT2D eigenvalue weighted by molar-refractivity contribution is -0.130. The third kappa shape index (κ3) is 4.88. The molecule has 1 saturated carbocycles. The van der Waals surface area contributed by atoms with Gasteiger partial charge in [-0.3, -0.25) is 4.79 Å². The minimum Gasteiger partial charge on any atom is -0.496 e. The van der Waals surface area contributed by atoms with Crippen molar-refractivity contribution in [3.8, 4) is 5.75 Å². The van der Waals surface area contributed by atoms with E-state index in [-0.39, 0.29) is 17.5 Å². The Bertz CT molecular complexity index is 634. The van der Waals surface area contributed by atoms with Crippen LogP contribution >= 0.6 is 11.6 Å². The number of rotatable bonds is 5. The average molecular weight is 368 g/mol. The number of methoxy groups -OCH3 is 1. The summed E-state index contributed by atoms with van der Waals surface area (Å²) in [4.78, 5) is 24.8. The van der Waals surface area contributed by atoms with Gasteiger partial charge in [0.15, 0.2) is 6.10 Å². The van der Waals surface area contributed by atoms with Crippen LogP contribution in [0, 0.1) is 11.8 Å². The summed E-state index contributed by atoms with van der Waals surface area (Å²) in [6, 6.07) is 4.81. The molecule has 0 aromatic heterocycles. The van der Waals surface area contributed by atoms with E-state index < -0.39 is 12.1 Å². The molecule has 1 aliphatic carbocycles. The summed E-state index contributed by atoms with van der Waals surface area (Å²) in [5.74, 6) is 0.436. The topological polar surface area (TPSA) is 64.6 Å². The number of benzene rings is 1. The zero-order valence-corrected chi connectivity index (χ0v) is 15.9. The molecule has 138 valence electrons. The molecule has 1 aliphatic rings. The van der Waals surface area contributed by atoms with Crippen molar-refractivity contribution in [2.24, 2.45) is 11.8 Å². The highest BCUT2D eigenvalue weighted by Gasteiger charge is 2.30. The fourth-order valence-electron chi connectivity index (χ4n) is 3.20. The molecule has 0 spiro atoms. The number of hydrogen-bond donors (Lipinski definition) is 1. The maximum Gasteiger partial charge on any atom is 0.342 e. The van der Waals surface area contributed by atoms with E-state index in [1.165, 1.54) is 19.6 Å². The summed E-state index contributed by atoms with van der Waals surface area (Å²) in [6.45, 7) is 5.93. The summed E-state index contributed by atoms with van der Waals surface area (Å²) >= 11 is 5.93. The van der Waals surface area contributed by atoms with E-state index in [2.05, 4.69) is 19.2 Å². The van der Waals surface area contributed by atoms with E-state index in [1.807, 2.05) is 0 Å². The molecule has 1 N–H and O–H groups in total. The van der Waals surface area contributed by atoms with E-state index >= 15 is 0 Å². The first-order valence-corrected chi connectivity index (χ1v) is 9.06. The molecule has 0 bridgehead atoms. The van der Waals surface area contributed by atoms with Gasteiger partial charge in [0, 0.05) is 11.1 Å². The number of halogens is 1. The van der Waals surface area contributed by atoms with Crippen LogP contribution in [0.1, 0.15) is 50.4 Å². The predicted molar refractivity (Wildman–Crippen MR) is 97.0 cm³/mol. The van der Waals surface area contributed by atoms with Crippen LogP contribution in [-0.2, 0) is 9.53 Å². The Kier molecular flexibility index (Phi) is 6.71. The summed E-state index contributed by atoms with van der Waals surface area (Å²) in [7, 11) is 1.46. The molecule has 0 saturated heterocycles. The highest BCUT2D eigenvalue weighted by atomic mass is 35.5. The summed E-state index contributed by atoms with van der Waals surface area (Å²) in [5.41, 5.74) is 0.203. The first-order valence-electron chi connectivity index (χ1n) is 8.68. The van der Waals surface area contributed by atoms with E-state index in [0.717, 1.165) is 12.8 Å². The van der Waals surface area contributed by atoms with Crippen molar-refractivity contribution in [2.45, 2.75) is 52.2 Å². The fourth-order valence-corrected chi connectivity index (χ4v) is 3.38. The zero-order valence-electron chi connectivity index (χ0n) is 15.2. The van der Waals surface area contributed by atoms with Crippen molar-refractivity contribution in [2.75, 3.05) is 7.11 Å². The van der Waals surface area contributed by atoms with Crippen LogP contribution in [0.15, 0.2) is 18.2 Å². The lowest BCUT2D eigenvalue weighted by Gasteiger charge is -2.35. The van der Waals surface area contributed by atoms with Crippen molar-refractivity contribution >= 4 is 23.5 Å². The summed E-state index contributed by atoms with van der Waals surface area (Å²) < 4.78 is 10.5. The van der Waals surface area contributed by atoms with Crippen LogP contribution in [0.2, 0.25) is 5.02 Å². The average Bonchev–Trinajstić information content (AvgIpc) is 2.58. The van der Waals surface area contributed by atoms with E-state index in [4.69, 9.17) is 21.1 Å². The Hall–Kier alpha value is -1.75. The van der Waals surface area contributed by atoms with Crippen molar-refractivity contribution in [3.63, 3.8) is 0 Å². The number of carbonyl (C=O) groups excluding carboxylic acids is 2. The van der Waals surface area contributed by atoms with Crippen LogP contribution in [0.3, 0.4) is 0 Å². The number of esters is 1. The van der Waals surface area contributed by atoms with E-state index in [0.29, 0.717) is 22.6 Å². The Morgan fingerprint density at radius 2 is 2.00 bits per heavy atom. The second kappa shape index (κ2) is 8.56. The van der Waals surface area contributed by atoms with Crippen LogP contribution < -0.4 is 10.1 Å². The quantitative estimate of drug-likeness (QED) is 0.803. The molecule has 0 aliphatic heterocycles. The van der Waals surface area contributed by atoms with Gasteiger partial charge in [0.25, 0.3) is 5.91 Å². The molecule has 1 fully saturated rings. The van der Waals surface area contributed by atoms with Crippen LogP contribution in [0.5, 0.6) is 5.75 Å². The Morgan fingerprint density at radius 1 is 1.28 bits per heavy atom. The molecule has 2 rings (SSSR count). The van der Waals surface area contributed by atoms with Gasteiger partial charge >= 0.3 is 5.97 Å².